The van der Waals surface area contributed by atoms with Crippen LogP contribution in [0.15, 0.2) is 48.5 Å². The largest absolute Gasteiger partial charge is 0.462 e. The van der Waals surface area contributed by atoms with Gasteiger partial charge in [0.1, 0.15) is 5.52 Å². The van der Waals surface area contributed by atoms with Crippen molar-refractivity contribution < 1.29 is 9.53 Å². The molecule has 0 unspecified atom stereocenters. The molecule has 5 nitrogen and oxygen atoms in total. The van der Waals surface area contributed by atoms with Gasteiger partial charge >= 0.3 is 5.97 Å². The molecule has 0 aliphatic carbocycles. The summed E-state index contributed by atoms with van der Waals surface area (Å²) >= 11 is 0. The first-order chi connectivity index (χ1) is 9.79. The molecule has 0 N–H and O–H groups in total. The van der Waals surface area contributed by atoms with E-state index in [0.29, 0.717) is 12.2 Å². The number of hydrogen-bond donors (Lipinski definition) is 0. The van der Waals surface area contributed by atoms with E-state index < -0.39 is 0 Å². The Bertz CT molecular complexity index is 747. The van der Waals surface area contributed by atoms with E-state index in [2.05, 4.69) is 10.3 Å². The maximum Gasteiger partial charge on any atom is 0.338 e. The van der Waals surface area contributed by atoms with Crippen molar-refractivity contribution in [3.63, 3.8) is 0 Å². The van der Waals surface area contributed by atoms with Crippen LogP contribution in [-0.4, -0.2) is 27.6 Å². The minimum absolute atomic E-state index is 0.317. The van der Waals surface area contributed by atoms with E-state index >= 15 is 0 Å². The van der Waals surface area contributed by atoms with Crippen molar-refractivity contribution in [1.82, 2.24) is 15.0 Å². The summed E-state index contributed by atoms with van der Waals surface area (Å²) in [6.07, 6.45) is 0. The predicted octanol–water partition coefficient (Wildman–Crippen LogP) is 2.60. The molecule has 0 saturated carbocycles. The molecule has 0 aliphatic heterocycles. The molecule has 0 bridgehead atoms. The van der Waals surface area contributed by atoms with Crippen LogP contribution in [0.25, 0.3) is 16.7 Å². The fraction of sp³-hybridized carbons (Fsp3) is 0.133. The number of aromatic nitrogens is 3. The predicted molar refractivity (Wildman–Crippen MR) is 74.8 cm³/mol. The van der Waals surface area contributed by atoms with E-state index in [-0.39, 0.29) is 5.97 Å². The highest BCUT2D eigenvalue weighted by Gasteiger charge is 2.08. The van der Waals surface area contributed by atoms with Crippen LogP contribution in [0.1, 0.15) is 17.3 Å². The first kappa shape index (κ1) is 12.3. The third kappa shape index (κ3) is 2.14. The zero-order chi connectivity index (χ0) is 13.9. The van der Waals surface area contributed by atoms with Crippen LogP contribution >= 0.6 is 0 Å². The van der Waals surface area contributed by atoms with Crippen molar-refractivity contribution >= 4 is 17.0 Å². The molecule has 0 amide bonds. The smallest absolute Gasteiger partial charge is 0.338 e. The molecule has 3 rings (SSSR count). The zero-order valence-corrected chi connectivity index (χ0v) is 11.0. The van der Waals surface area contributed by atoms with E-state index in [9.17, 15) is 4.79 Å². The van der Waals surface area contributed by atoms with Gasteiger partial charge in [-0.1, -0.05) is 17.3 Å². The maximum absolute atomic E-state index is 11.6. The van der Waals surface area contributed by atoms with Crippen LogP contribution in [0.4, 0.5) is 0 Å². The number of ether oxygens (including phenoxy) is 1. The monoisotopic (exact) mass is 267 g/mol. The number of fused-ring (bicyclic) bond motifs is 1. The van der Waals surface area contributed by atoms with Gasteiger partial charge in [0, 0.05) is 0 Å². The van der Waals surface area contributed by atoms with E-state index in [1.807, 2.05) is 36.4 Å². The molecule has 0 fully saturated rings. The summed E-state index contributed by atoms with van der Waals surface area (Å²) < 4.78 is 6.70. The van der Waals surface area contributed by atoms with E-state index in [0.717, 1.165) is 16.7 Å². The normalized spacial score (nSPS) is 10.7. The van der Waals surface area contributed by atoms with Crippen molar-refractivity contribution in [3.05, 3.63) is 54.1 Å². The third-order valence-electron chi connectivity index (χ3n) is 2.97. The Balaban J connectivity index is 1.97. The molecule has 0 radical (unpaired) electrons. The van der Waals surface area contributed by atoms with Crippen molar-refractivity contribution in [2.45, 2.75) is 6.92 Å². The van der Waals surface area contributed by atoms with Crippen molar-refractivity contribution in [1.29, 1.82) is 0 Å². The molecule has 0 spiro atoms. The second-order valence-electron chi connectivity index (χ2n) is 4.26. The Morgan fingerprint density at radius 1 is 1.15 bits per heavy atom. The Labute approximate surface area is 115 Å². The first-order valence-corrected chi connectivity index (χ1v) is 6.37. The fourth-order valence-corrected chi connectivity index (χ4v) is 2.01. The third-order valence-corrected chi connectivity index (χ3v) is 2.97. The minimum atomic E-state index is -0.317. The van der Waals surface area contributed by atoms with Crippen LogP contribution in [-0.2, 0) is 4.74 Å². The molecular formula is C15H13N3O2. The van der Waals surface area contributed by atoms with E-state index in [4.69, 9.17) is 4.74 Å². The number of rotatable bonds is 3. The average Bonchev–Trinajstić information content (AvgIpc) is 2.92. The standard InChI is InChI=1S/C15H13N3O2/c1-2-20-15(19)11-7-9-12(10-8-11)18-14-6-4-3-5-13(14)16-17-18/h3-10H,2H2,1H3. The number of hydrogen-bond acceptors (Lipinski definition) is 4. The summed E-state index contributed by atoms with van der Waals surface area (Å²) in [5.41, 5.74) is 3.14. The lowest BCUT2D eigenvalue weighted by Crippen LogP contribution is -2.05. The molecule has 5 heteroatoms. The summed E-state index contributed by atoms with van der Waals surface area (Å²) in [6.45, 7) is 2.15. The summed E-state index contributed by atoms with van der Waals surface area (Å²) in [6, 6.07) is 14.8. The van der Waals surface area contributed by atoms with Crippen LogP contribution in [0.5, 0.6) is 0 Å². The Morgan fingerprint density at radius 2 is 1.90 bits per heavy atom. The number of esters is 1. The molecule has 3 aromatic rings. The van der Waals surface area contributed by atoms with Crippen molar-refractivity contribution in [3.8, 4) is 5.69 Å². The van der Waals surface area contributed by atoms with Gasteiger partial charge in [0.05, 0.1) is 23.4 Å². The molecule has 0 atom stereocenters. The van der Waals surface area contributed by atoms with Gasteiger partial charge in [-0.25, -0.2) is 9.48 Å². The van der Waals surface area contributed by atoms with Gasteiger partial charge in [0.2, 0.25) is 0 Å². The number of carbonyl (C=O) groups is 1. The van der Waals surface area contributed by atoms with Crippen LogP contribution < -0.4 is 0 Å². The Hall–Kier alpha value is -2.69. The minimum Gasteiger partial charge on any atom is -0.462 e. The number of carbonyl (C=O) groups excluding carboxylic acids is 1. The number of nitrogens with zero attached hydrogens (tertiary/aromatic N) is 3. The van der Waals surface area contributed by atoms with Gasteiger partial charge in [-0.2, -0.15) is 0 Å². The second kappa shape index (κ2) is 5.13. The molecular weight excluding hydrogens is 254 g/mol. The van der Waals surface area contributed by atoms with Crippen molar-refractivity contribution in [2.75, 3.05) is 6.61 Å². The maximum atomic E-state index is 11.6. The van der Waals surface area contributed by atoms with Gasteiger partial charge in [-0.3, -0.25) is 0 Å². The fourth-order valence-electron chi connectivity index (χ4n) is 2.01. The van der Waals surface area contributed by atoms with Gasteiger partial charge in [-0.15, -0.1) is 5.10 Å². The van der Waals surface area contributed by atoms with Gasteiger partial charge in [0.15, 0.2) is 0 Å². The van der Waals surface area contributed by atoms with E-state index in [1.54, 1.807) is 23.7 Å². The lowest BCUT2D eigenvalue weighted by atomic mass is 10.2. The summed E-state index contributed by atoms with van der Waals surface area (Å²) in [5, 5.41) is 8.23. The van der Waals surface area contributed by atoms with E-state index in [1.165, 1.54) is 0 Å². The Kier molecular flexibility index (Phi) is 3.16. The molecule has 1 aromatic heterocycles. The topological polar surface area (TPSA) is 57.0 Å². The summed E-state index contributed by atoms with van der Waals surface area (Å²) in [5.74, 6) is -0.317. The zero-order valence-electron chi connectivity index (χ0n) is 11.0. The number of para-hydroxylation sites is 1. The first-order valence-electron chi connectivity index (χ1n) is 6.37. The molecule has 2 aromatic carbocycles. The summed E-state index contributed by atoms with van der Waals surface area (Å²) in [7, 11) is 0. The van der Waals surface area contributed by atoms with Gasteiger partial charge < -0.3 is 4.74 Å². The van der Waals surface area contributed by atoms with Gasteiger partial charge in [-0.05, 0) is 43.3 Å². The molecule has 1 heterocycles. The van der Waals surface area contributed by atoms with Crippen LogP contribution in [0.3, 0.4) is 0 Å². The highest BCUT2D eigenvalue weighted by atomic mass is 16.5. The lowest BCUT2D eigenvalue weighted by molar-refractivity contribution is 0.0526. The highest BCUT2D eigenvalue weighted by Crippen LogP contribution is 2.16. The number of benzene rings is 2. The average molecular weight is 267 g/mol. The van der Waals surface area contributed by atoms with Gasteiger partial charge in [0.25, 0.3) is 0 Å². The molecule has 100 valence electrons. The highest BCUT2D eigenvalue weighted by molar-refractivity contribution is 5.89. The molecule has 0 aliphatic rings. The second-order valence-corrected chi connectivity index (χ2v) is 4.26. The summed E-state index contributed by atoms with van der Waals surface area (Å²) in [4.78, 5) is 11.6. The van der Waals surface area contributed by atoms with Crippen LogP contribution in [0.2, 0.25) is 0 Å². The molecule has 20 heavy (non-hydrogen) atoms. The van der Waals surface area contributed by atoms with Crippen molar-refractivity contribution in [2.24, 2.45) is 0 Å². The molecule has 0 saturated heterocycles. The van der Waals surface area contributed by atoms with Crippen LogP contribution in [0, 0.1) is 0 Å². The lowest BCUT2D eigenvalue weighted by Gasteiger charge is -2.04. The SMILES string of the molecule is CCOC(=O)c1ccc(-n2nnc3ccccc32)cc1. The Morgan fingerprint density at radius 3 is 2.65 bits per heavy atom. The quantitative estimate of drug-likeness (QED) is 0.684.